The summed E-state index contributed by atoms with van der Waals surface area (Å²) in [5, 5.41) is 0. The quantitative estimate of drug-likeness (QED) is 0.732. The van der Waals surface area contributed by atoms with Gasteiger partial charge < -0.3 is 18.8 Å². The molecular formula is C24H27NO4. The van der Waals surface area contributed by atoms with Crippen LogP contribution in [0.3, 0.4) is 0 Å². The van der Waals surface area contributed by atoms with E-state index in [0.717, 1.165) is 16.8 Å². The first-order valence-electron chi connectivity index (χ1n) is 10.3. The fourth-order valence-corrected chi connectivity index (χ4v) is 3.49. The fourth-order valence-electron chi connectivity index (χ4n) is 3.49. The predicted molar refractivity (Wildman–Crippen MR) is 111 cm³/mol. The van der Waals surface area contributed by atoms with Gasteiger partial charge in [-0.1, -0.05) is 24.0 Å². The van der Waals surface area contributed by atoms with Crippen LogP contribution in [-0.4, -0.2) is 37.1 Å². The van der Waals surface area contributed by atoms with Gasteiger partial charge in [0.1, 0.15) is 18.5 Å². The SMILES string of the molecule is Cc1cc(OC[C@@H]2COCCO2)cc(=O)n1[C@@H](C)c1ccc(C#CC2CC2)cc1. The first-order valence-corrected chi connectivity index (χ1v) is 10.3. The number of rotatable bonds is 5. The van der Waals surface area contributed by atoms with Crippen molar-refractivity contribution in [2.75, 3.05) is 26.4 Å². The van der Waals surface area contributed by atoms with Crippen molar-refractivity contribution in [3.05, 3.63) is 63.6 Å². The molecule has 2 aromatic rings. The van der Waals surface area contributed by atoms with Crippen LogP contribution in [0, 0.1) is 24.7 Å². The van der Waals surface area contributed by atoms with Crippen LogP contribution >= 0.6 is 0 Å². The fraction of sp³-hybridized carbons (Fsp3) is 0.458. The summed E-state index contributed by atoms with van der Waals surface area (Å²) in [4.78, 5) is 12.8. The summed E-state index contributed by atoms with van der Waals surface area (Å²) in [6.07, 6.45) is 2.36. The summed E-state index contributed by atoms with van der Waals surface area (Å²) in [7, 11) is 0. The van der Waals surface area contributed by atoms with Crippen LogP contribution in [0.4, 0.5) is 0 Å². The molecule has 152 valence electrons. The number of hydrogen-bond donors (Lipinski definition) is 0. The third kappa shape index (κ3) is 5.09. The van der Waals surface area contributed by atoms with Gasteiger partial charge in [-0.05, 0) is 50.5 Å². The Labute approximate surface area is 171 Å². The molecule has 0 spiro atoms. The van der Waals surface area contributed by atoms with E-state index in [0.29, 0.717) is 38.1 Å². The molecule has 2 fully saturated rings. The molecule has 5 heteroatoms. The van der Waals surface area contributed by atoms with E-state index in [9.17, 15) is 4.79 Å². The summed E-state index contributed by atoms with van der Waals surface area (Å²) in [5.41, 5.74) is 2.88. The molecule has 5 nitrogen and oxygen atoms in total. The highest BCUT2D eigenvalue weighted by atomic mass is 16.6. The molecule has 1 saturated heterocycles. The number of nitrogens with zero attached hydrogens (tertiary/aromatic N) is 1. The lowest BCUT2D eigenvalue weighted by molar-refractivity contribution is -0.101. The van der Waals surface area contributed by atoms with E-state index in [1.165, 1.54) is 12.8 Å². The van der Waals surface area contributed by atoms with Crippen molar-refractivity contribution in [1.82, 2.24) is 4.57 Å². The third-order valence-electron chi connectivity index (χ3n) is 5.33. The van der Waals surface area contributed by atoms with E-state index >= 15 is 0 Å². The Bertz CT molecular complexity index is 957. The van der Waals surface area contributed by atoms with E-state index in [-0.39, 0.29) is 17.7 Å². The maximum atomic E-state index is 12.8. The minimum Gasteiger partial charge on any atom is -0.491 e. The molecule has 29 heavy (non-hydrogen) atoms. The second-order valence-corrected chi connectivity index (χ2v) is 7.76. The second kappa shape index (κ2) is 8.86. The van der Waals surface area contributed by atoms with Gasteiger partial charge >= 0.3 is 0 Å². The van der Waals surface area contributed by atoms with Gasteiger partial charge in [-0.15, -0.1) is 0 Å². The van der Waals surface area contributed by atoms with E-state index in [2.05, 4.69) is 24.0 Å². The van der Waals surface area contributed by atoms with Crippen LogP contribution in [0.1, 0.15) is 42.6 Å². The highest BCUT2D eigenvalue weighted by Crippen LogP contribution is 2.27. The molecule has 2 atom stereocenters. The van der Waals surface area contributed by atoms with Crippen LogP contribution < -0.4 is 10.3 Å². The van der Waals surface area contributed by atoms with Crippen LogP contribution in [0.5, 0.6) is 5.75 Å². The van der Waals surface area contributed by atoms with Crippen molar-refractivity contribution in [2.24, 2.45) is 5.92 Å². The Morgan fingerprint density at radius 2 is 2.00 bits per heavy atom. The van der Waals surface area contributed by atoms with Gasteiger partial charge in [0.15, 0.2) is 0 Å². The number of hydrogen-bond acceptors (Lipinski definition) is 4. The van der Waals surface area contributed by atoms with Gasteiger partial charge in [0, 0.05) is 23.2 Å². The predicted octanol–water partition coefficient (Wildman–Crippen LogP) is 3.32. The lowest BCUT2D eigenvalue weighted by atomic mass is 10.1. The Morgan fingerprint density at radius 1 is 1.21 bits per heavy atom. The topological polar surface area (TPSA) is 49.7 Å². The van der Waals surface area contributed by atoms with Crippen molar-refractivity contribution in [1.29, 1.82) is 0 Å². The Morgan fingerprint density at radius 3 is 2.66 bits per heavy atom. The first-order chi connectivity index (χ1) is 14.1. The van der Waals surface area contributed by atoms with Crippen molar-refractivity contribution in [3.8, 4) is 17.6 Å². The Balaban J connectivity index is 1.45. The van der Waals surface area contributed by atoms with Gasteiger partial charge in [-0.2, -0.15) is 0 Å². The molecule has 4 rings (SSSR count). The minimum atomic E-state index is -0.0908. The average Bonchev–Trinajstić information content (AvgIpc) is 3.56. The number of pyridine rings is 1. The highest BCUT2D eigenvalue weighted by Gasteiger charge is 2.18. The van der Waals surface area contributed by atoms with E-state index in [4.69, 9.17) is 14.2 Å². The molecule has 0 bridgehead atoms. The number of benzene rings is 1. The monoisotopic (exact) mass is 393 g/mol. The van der Waals surface area contributed by atoms with Crippen molar-refractivity contribution >= 4 is 0 Å². The lowest BCUT2D eigenvalue weighted by Gasteiger charge is -2.23. The van der Waals surface area contributed by atoms with Crippen LogP contribution in [0.15, 0.2) is 41.2 Å². The summed E-state index contributed by atoms with van der Waals surface area (Å²) in [6.45, 7) is 6.07. The molecule has 1 aromatic heterocycles. The average molecular weight is 393 g/mol. The molecule has 2 aliphatic rings. The summed E-state index contributed by atoms with van der Waals surface area (Å²) in [6, 6.07) is 11.5. The largest absolute Gasteiger partial charge is 0.491 e. The minimum absolute atomic E-state index is 0.0722. The smallest absolute Gasteiger partial charge is 0.254 e. The maximum Gasteiger partial charge on any atom is 0.254 e. The molecule has 0 N–H and O–H groups in total. The zero-order chi connectivity index (χ0) is 20.2. The van der Waals surface area contributed by atoms with Gasteiger partial charge in [-0.25, -0.2) is 0 Å². The van der Waals surface area contributed by atoms with Crippen molar-refractivity contribution in [2.45, 2.75) is 38.8 Å². The lowest BCUT2D eigenvalue weighted by Crippen LogP contribution is -2.33. The molecule has 0 radical (unpaired) electrons. The van der Waals surface area contributed by atoms with Crippen LogP contribution in [0.2, 0.25) is 0 Å². The van der Waals surface area contributed by atoms with Gasteiger partial charge in [-0.3, -0.25) is 4.79 Å². The van der Waals surface area contributed by atoms with Gasteiger partial charge in [0.25, 0.3) is 5.56 Å². The Hall–Kier alpha value is -2.55. The number of ether oxygens (including phenoxy) is 3. The van der Waals surface area contributed by atoms with Crippen molar-refractivity contribution < 1.29 is 14.2 Å². The van der Waals surface area contributed by atoms with E-state index in [1.54, 1.807) is 10.6 Å². The molecular weight excluding hydrogens is 366 g/mol. The highest BCUT2D eigenvalue weighted by molar-refractivity contribution is 5.38. The molecule has 1 aliphatic carbocycles. The maximum absolute atomic E-state index is 12.8. The Kier molecular flexibility index (Phi) is 6.03. The molecule has 2 heterocycles. The number of aromatic nitrogens is 1. The second-order valence-electron chi connectivity index (χ2n) is 7.76. The molecule has 1 saturated carbocycles. The third-order valence-corrected chi connectivity index (χ3v) is 5.33. The molecule has 1 aliphatic heterocycles. The van der Waals surface area contributed by atoms with Gasteiger partial charge in [0.05, 0.1) is 25.9 Å². The van der Waals surface area contributed by atoms with Crippen LogP contribution in [0.25, 0.3) is 0 Å². The first kappa shape index (κ1) is 19.8. The van der Waals surface area contributed by atoms with Gasteiger partial charge in [0.2, 0.25) is 0 Å². The van der Waals surface area contributed by atoms with E-state index in [1.807, 2.05) is 32.0 Å². The zero-order valence-electron chi connectivity index (χ0n) is 17.0. The number of aryl methyl sites for hydroxylation is 1. The standard InChI is InChI=1S/C24H27NO4/c1-17-13-22(29-16-23-15-27-11-12-28-23)14-24(26)25(17)18(2)21-9-7-20(8-10-21)6-5-19-3-4-19/h7-10,13-14,18-19,23H,3-4,11-12,15-16H2,1-2H3/t18-,23-/m0/s1. The summed E-state index contributed by atoms with van der Waals surface area (Å²) >= 11 is 0. The van der Waals surface area contributed by atoms with Crippen LogP contribution in [-0.2, 0) is 9.47 Å². The summed E-state index contributed by atoms with van der Waals surface area (Å²) in [5.74, 6) is 7.66. The van der Waals surface area contributed by atoms with E-state index < -0.39 is 0 Å². The van der Waals surface area contributed by atoms with Crippen molar-refractivity contribution in [3.63, 3.8) is 0 Å². The zero-order valence-corrected chi connectivity index (χ0v) is 17.0. The molecule has 0 unspecified atom stereocenters. The summed E-state index contributed by atoms with van der Waals surface area (Å²) < 4.78 is 18.5. The molecule has 0 amide bonds. The normalized spacial score (nSPS) is 19.9. The molecule has 1 aromatic carbocycles.